The molecule has 2 aliphatic rings. The molecule has 4 amide bonds. The van der Waals surface area contributed by atoms with E-state index in [-0.39, 0.29) is 27.9 Å². The number of carboxylic acids is 1. The third-order valence-electron chi connectivity index (χ3n) is 4.31. The van der Waals surface area contributed by atoms with Gasteiger partial charge in [-0.2, -0.15) is 0 Å². The first-order valence-electron chi connectivity index (χ1n) is 7.60. The van der Waals surface area contributed by atoms with Gasteiger partial charge in [0, 0.05) is 0 Å². The summed E-state index contributed by atoms with van der Waals surface area (Å²) in [6, 6.07) is 10.4. The number of nitrogens with zero attached hydrogens (tertiary/aromatic N) is 2. The Kier molecular flexibility index (Phi) is 3.23. The zero-order valence-corrected chi connectivity index (χ0v) is 13.1. The zero-order valence-electron chi connectivity index (χ0n) is 13.1. The number of amides is 4. The Morgan fingerprint density at radius 1 is 0.769 bits per heavy atom. The maximum Gasteiger partial charge on any atom is 0.323 e. The minimum Gasteiger partial charge on any atom is -0.480 e. The van der Waals surface area contributed by atoms with Gasteiger partial charge in [-0.05, 0) is 24.3 Å². The van der Waals surface area contributed by atoms with Gasteiger partial charge in [-0.15, -0.1) is 0 Å². The molecule has 0 aliphatic carbocycles. The number of carbonyl (C=O) groups is 5. The van der Waals surface area contributed by atoms with Gasteiger partial charge in [0.05, 0.1) is 27.9 Å². The van der Waals surface area contributed by atoms with Crippen molar-refractivity contribution in [3.63, 3.8) is 0 Å². The molecule has 0 aromatic heterocycles. The highest BCUT2D eigenvalue weighted by Crippen LogP contribution is 2.36. The number of rotatable bonds is 3. The lowest BCUT2D eigenvalue weighted by atomic mass is 10.1. The first kappa shape index (κ1) is 15.7. The average molecular weight is 350 g/mol. The molecule has 2 aromatic carbocycles. The predicted molar refractivity (Wildman–Crippen MR) is 87.0 cm³/mol. The fraction of sp³-hybridized carbons (Fsp3) is 0.0556. The van der Waals surface area contributed by atoms with Gasteiger partial charge in [0.25, 0.3) is 23.6 Å². The van der Waals surface area contributed by atoms with Gasteiger partial charge in [-0.1, -0.05) is 18.2 Å². The number of imide groups is 2. The number of aliphatic carboxylic acids is 1. The third kappa shape index (κ3) is 1.99. The maximum atomic E-state index is 12.7. The Hall–Kier alpha value is -3.81. The molecule has 0 saturated carbocycles. The molecule has 4 rings (SSSR count). The average Bonchev–Trinajstić information content (AvgIpc) is 3.02. The molecule has 2 heterocycles. The van der Waals surface area contributed by atoms with Gasteiger partial charge in [-0.3, -0.25) is 28.9 Å². The monoisotopic (exact) mass is 350 g/mol. The van der Waals surface area contributed by atoms with E-state index in [0.717, 1.165) is 4.90 Å². The van der Waals surface area contributed by atoms with Crippen LogP contribution in [0, 0.1) is 0 Å². The van der Waals surface area contributed by atoms with Crippen LogP contribution in [0.3, 0.4) is 0 Å². The van der Waals surface area contributed by atoms with Gasteiger partial charge in [0.15, 0.2) is 0 Å². The van der Waals surface area contributed by atoms with Crippen molar-refractivity contribution in [2.75, 3.05) is 11.4 Å². The van der Waals surface area contributed by atoms with Crippen LogP contribution in [0.2, 0.25) is 0 Å². The van der Waals surface area contributed by atoms with Crippen molar-refractivity contribution in [2.45, 2.75) is 0 Å². The van der Waals surface area contributed by atoms with Gasteiger partial charge < -0.3 is 5.11 Å². The summed E-state index contributed by atoms with van der Waals surface area (Å²) in [5, 5.41) is 8.91. The van der Waals surface area contributed by atoms with E-state index >= 15 is 0 Å². The molecule has 128 valence electrons. The van der Waals surface area contributed by atoms with Crippen LogP contribution in [0.1, 0.15) is 41.4 Å². The first-order valence-corrected chi connectivity index (χ1v) is 7.60. The summed E-state index contributed by atoms with van der Waals surface area (Å²) in [4.78, 5) is 62.6. The molecular weight excluding hydrogens is 340 g/mol. The lowest BCUT2D eigenvalue weighted by Gasteiger charge is -2.16. The highest BCUT2D eigenvalue weighted by Gasteiger charge is 2.44. The largest absolute Gasteiger partial charge is 0.480 e. The normalized spacial score (nSPS) is 15.5. The van der Waals surface area contributed by atoms with Crippen LogP contribution in [-0.4, -0.2) is 46.1 Å². The van der Waals surface area contributed by atoms with E-state index < -0.39 is 36.1 Å². The van der Waals surface area contributed by atoms with Gasteiger partial charge >= 0.3 is 5.97 Å². The van der Waals surface area contributed by atoms with Gasteiger partial charge in [-0.25, -0.2) is 4.90 Å². The van der Waals surface area contributed by atoms with Crippen LogP contribution in [0.5, 0.6) is 0 Å². The molecule has 26 heavy (non-hydrogen) atoms. The number of hydrogen-bond acceptors (Lipinski definition) is 5. The second kappa shape index (κ2) is 5.35. The van der Waals surface area contributed by atoms with Crippen LogP contribution >= 0.6 is 0 Å². The van der Waals surface area contributed by atoms with E-state index in [0.29, 0.717) is 4.90 Å². The van der Waals surface area contributed by atoms with Crippen molar-refractivity contribution >= 4 is 35.3 Å². The summed E-state index contributed by atoms with van der Waals surface area (Å²) in [5.74, 6) is -4.17. The van der Waals surface area contributed by atoms with Crippen LogP contribution in [-0.2, 0) is 4.79 Å². The summed E-state index contributed by atoms with van der Waals surface area (Å²) in [5.41, 5.74) is 0.196. The van der Waals surface area contributed by atoms with E-state index in [4.69, 9.17) is 5.11 Å². The molecule has 0 radical (unpaired) electrons. The molecule has 0 saturated heterocycles. The van der Waals surface area contributed by atoms with Crippen molar-refractivity contribution in [3.8, 4) is 0 Å². The molecule has 0 atom stereocenters. The molecule has 0 spiro atoms. The van der Waals surface area contributed by atoms with E-state index in [1.807, 2.05) is 0 Å². The van der Waals surface area contributed by atoms with E-state index in [2.05, 4.69) is 0 Å². The third-order valence-corrected chi connectivity index (χ3v) is 4.31. The molecule has 2 aromatic rings. The van der Waals surface area contributed by atoms with Gasteiger partial charge in [0.2, 0.25) is 0 Å². The predicted octanol–water partition coefficient (Wildman–Crippen LogP) is 1.17. The minimum absolute atomic E-state index is 0.0278. The Labute approximate surface area is 146 Å². The topological polar surface area (TPSA) is 112 Å². The molecule has 0 bridgehead atoms. The highest BCUT2D eigenvalue weighted by atomic mass is 16.4. The molecule has 8 nitrogen and oxygen atoms in total. The minimum atomic E-state index is -1.35. The number of fused-ring (bicyclic) bond motifs is 2. The summed E-state index contributed by atoms with van der Waals surface area (Å²) in [6.07, 6.45) is 0. The SMILES string of the molecule is O=C(O)CN1C(=O)c2cccc(N3C(=O)c4ccccc4C3=O)c2C1=O. The Morgan fingerprint density at radius 2 is 1.35 bits per heavy atom. The van der Waals surface area contributed by atoms with Crippen molar-refractivity contribution in [1.29, 1.82) is 0 Å². The number of carbonyl (C=O) groups excluding carboxylic acids is 4. The summed E-state index contributed by atoms with van der Waals surface area (Å²) >= 11 is 0. The fourth-order valence-corrected chi connectivity index (χ4v) is 3.19. The number of hydrogen-bond donors (Lipinski definition) is 1. The van der Waals surface area contributed by atoms with Crippen molar-refractivity contribution in [1.82, 2.24) is 4.90 Å². The summed E-state index contributed by atoms with van der Waals surface area (Å²) < 4.78 is 0. The number of carboxylic acid groups (broad SMARTS) is 1. The Balaban J connectivity index is 1.85. The molecule has 0 fully saturated rings. The van der Waals surface area contributed by atoms with Crippen LogP contribution < -0.4 is 4.90 Å². The lowest BCUT2D eigenvalue weighted by Crippen LogP contribution is -2.35. The quantitative estimate of drug-likeness (QED) is 0.832. The standard InChI is InChI=1S/C18H10N2O6/c21-13(22)8-19-15(23)11-6-3-7-12(14(11)18(19)26)20-16(24)9-4-1-2-5-10(9)17(20)25/h1-7H,8H2,(H,21,22). The first-order chi connectivity index (χ1) is 12.4. The molecule has 2 aliphatic heterocycles. The maximum absolute atomic E-state index is 12.7. The lowest BCUT2D eigenvalue weighted by molar-refractivity contribution is -0.137. The molecular formula is C18H10N2O6. The van der Waals surface area contributed by atoms with Crippen molar-refractivity contribution in [3.05, 3.63) is 64.7 Å². The zero-order chi connectivity index (χ0) is 18.6. The van der Waals surface area contributed by atoms with Crippen molar-refractivity contribution < 1.29 is 29.1 Å². The van der Waals surface area contributed by atoms with E-state index in [9.17, 15) is 24.0 Å². The Bertz CT molecular complexity index is 1010. The molecule has 1 N–H and O–H groups in total. The second-order valence-corrected chi connectivity index (χ2v) is 5.78. The van der Waals surface area contributed by atoms with Gasteiger partial charge in [0.1, 0.15) is 6.54 Å². The Morgan fingerprint density at radius 3 is 1.92 bits per heavy atom. The second-order valence-electron chi connectivity index (χ2n) is 5.78. The number of benzene rings is 2. The summed E-state index contributed by atoms with van der Waals surface area (Å²) in [7, 11) is 0. The van der Waals surface area contributed by atoms with Crippen LogP contribution in [0.4, 0.5) is 5.69 Å². The summed E-state index contributed by atoms with van der Waals surface area (Å²) in [6.45, 7) is -0.798. The molecule has 0 unspecified atom stereocenters. The van der Waals surface area contributed by atoms with E-state index in [1.54, 1.807) is 12.1 Å². The highest BCUT2D eigenvalue weighted by molar-refractivity contribution is 6.37. The van der Waals surface area contributed by atoms with Crippen molar-refractivity contribution in [2.24, 2.45) is 0 Å². The van der Waals surface area contributed by atoms with E-state index in [1.165, 1.54) is 30.3 Å². The smallest absolute Gasteiger partial charge is 0.323 e. The van der Waals surface area contributed by atoms with Crippen LogP contribution in [0.25, 0.3) is 0 Å². The number of anilines is 1. The molecule has 8 heteroatoms. The van der Waals surface area contributed by atoms with Crippen LogP contribution in [0.15, 0.2) is 42.5 Å². The fourth-order valence-electron chi connectivity index (χ4n) is 3.19.